The van der Waals surface area contributed by atoms with E-state index in [9.17, 15) is 4.79 Å². The first-order valence-corrected chi connectivity index (χ1v) is 11.6. The molecule has 0 radical (unpaired) electrons. The fourth-order valence-electron chi connectivity index (χ4n) is 3.57. The van der Waals surface area contributed by atoms with Crippen LogP contribution in [0.2, 0.25) is 0 Å². The Morgan fingerprint density at radius 2 is 2.09 bits per heavy atom. The molecule has 0 spiro atoms. The number of aryl methyl sites for hydroxylation is 1. The number of ether oxygens (including phenoxy) is 1. The number of nitrogens with one attached hydrogen (secondary N) is 3. The molecule has 0 unspecified atom stereocenters. The molecule has 0 bridgehead atoms. The van der Waals surface area contributed by atoms with Crippen molar-refractivity contribution >= 4 is 41.2 Å². The van der Waals surface area contributed by atoms with Gasteiger partial charge >= 0.3 is 6.03 Å². The summed E-state index contributed by atoms with van der Waals surface area (Å²) in [6.07, 6.45) is 7.10. The Morgan fingerprint density at radius 1 is 1.34 bits per heavy atom. The highest BCUT2D eigenvalue weighted by Gasteiger charge is 2.21. The van der Waals surface area contributed by atoms with Gasteiger partial charge in [0.15, 0.2) is 5.11 Å². The van der Waals surface area contributed by atoms with E-state index in [4.69, 9.17) is 17.0 Å². The fourth-order valence-corrected chi connectivity index (χ4v) is 3.77. The molecular formula is C23H36N6O2S. The molecule has 0 aliphatic carbocycles. The predicted octanol–water partition coefficient (Wildman–Crippen LogP) is 3.96. The number of benzene rings is 1. The van der Waals surface area contributed by atoms with Gasteiger partial charge < -0.3 is 20.3 Å². The Kier molecular flexibility index (Phi) is 10.9. The van der Waals surface area contributed by atoms with E-state index in [1.807, 2.05) is 31.3 Å². The van der Waals surface area contributed by atoms with E-state index in [0.717, 1.165) is 68.2 Å². The van der Waals surface area contributed by atoms with Gasteiger partial charge in [0.1, 0.15) is 5.75 Å². The molecule has 176 valence electrons. The van der Waals surface area contributed by atoms with Gasteiger partial charge in [-0.1, -0.05) is 13.3 Å². The van der Waals surface area contributed by atoms with Gasteiger partial charge in [0, 0.05) is 38.6 Å². The number of amides is 2. The number of guanidine groups is 1. The zero-order chi connectivity index (χ0) is 23.3. The third-order valence-corrected chi connectivity index (χ3v) is 5.67. The lowest BCUT2D eigenvalue weighted by molar-refractivity contribution is 0.237. The number of carbonyl (C=O) groups excluding carboxylic acids is 1. The van der Waals surface area contributed by atoms with Crippen molar-refractivity contribution in [1.82, 2.24) is 15.5 Å². The summed E-state index contributed by atoms with van der Waals surface area (Å²) in [7, 11) is 3.42. The lowest BCUT2D eigenvalue weighted by Crippen LogP contribution is -2.43. The van der Waals surface area contributed by atoms with Crippen LogP contribution in [0.1, 0.15) is 44.6 Å². The van der Waals surface area contributed by atoms with E-state index in [-0.39, 0.29) is 11.1 Å². The van der Waals surface area contributed by atoms with Crippen molar-refractivity contribution in [3.63, 3.8) is 0 Å². The SMILES string of the molecule is CCC/C=N\C(=N/C)N1CCC(CCNC(=O)NC(=S)Nc2ccc(OC)cc2C)CC1. The maximum atomic E-state index is 12.2. The van der Waals surface area contributed by atoms with Gasteiger partial charge in [0.2, 0.25) is 5.96 Å². The monoisotopic (exact) mass is 460 g/mol. The first-order valence-electron chi connectivity index (χ1n) is 11.2. The quantitative estimate of drug-likeness (QED) is 0.326. The number of carbonyl (C=O) groups is 1. The second kappa shape index (κ2) is 13.7. The molecule has 32 heavy (non-hydrogen) atoms. The van der Waals surface area contributed by atoms with Crippen molar-refractivity contribution < 1.29 is 9.53 Å². The number of urea groups is 1. The maximum Gasteiger partial charge on any atom is 0.321 e. The van der Waals surface area contributed by atoms with Crippen LogP contribution in [0.3, 0.4) is 0 Å². The van der Waals surface area contributed by atoms with Gasteiger partial charge in [-0.25, -0.2) is 9.79 Å². The average molecular weight is 461 g/mol. The lowest BCUT2D eigenvalue weighted by atomic mass is 9.94. The summed E-state index contributed by atoms with van der Waals surface area (Å²) in [6, 6.07) is 5.33. The van der Waals surface area contributed by atoms with E-state index < -0.39 is 0 Å². The number of hydrogen-bond donors (Lipinski definition) is 3. The number of anilines is 1. The molecule has 9 heteroatoms. The molecule has 2 rings (SSSR count). The predicted molar refractivity (Wildman–Crippen MR) is 136 cm³/mol. The molecule has 0 aromatic heterocycles. The van der Waals surface area contributed by atoms with Gasteiger partial charge in [-0.05, 0) is 74.5 Å². The molecule has 1 fully saturated rings. The lowest BCUT2D eigenvalue weighted by Gasteiger charge is -2.32. The topological polar surface area (TPSA) is 90.4 Å². The summed E-state index contributed by atoms with van der Waals surface area (Å²) in [5.41, 5.74) is 1.81. The van der Waals surface area contributed by atoms with Crippen molar-refractivity contribution in [3.8, 4) is 5.75 Å². The number of piperidine rings is 1. The standard InChI is InChI=1S/C23H36N6O2S/c1-5-6-12-25-21(24-3)29-14-10-18(11-15-29)9-13-26-22(30)28-23(32)27-20-8-7-19(31-4)16-17(20)2/h7-8,12,16,18H,5-6,9-11,13-15H2,1-4H3,(H3,26,27,28,30,32)/b24-21+,25-12-. The Hall–Kier alpha value is -2.68. The Labute approximate surface area is 196 Å². The highest BCUT2D eigenvalue weighted by molar-refractivity contribution is 7.80. The molecule has 1 heterocycles. The average Bonchev–Trinajstić information content (AvgIpc) is 2.78. The molecule has 3 N–H and O–H groups in total. The molecular weight excluding hydrogens is 424 g/mol. The van der Waals surface area contributed by atoms with Crippen LogP contribution >= 0.6 is 12.2 Å². The zero-order valence-corrected chi connectivity index (χ0v) is 20.4. The van der Waals surface area contributed by atoms with Crippen LogP contribution in [0.25, 0.3) is 0 Å². The molecule has 0 saturated carbocycles. The first-order chi connectivity index (χ1) is 15.5. The van der Waals surface area contributed by atoms with Crippen LogP contribution in [0.5, 0.6) is 5.75 Å². The summed E-state index contributed by atoms with van der Waals surface area (Å²) in [4.78, 5) is 23.2. The van der Waals surface area contributed by atoms with Crippen LogP contribution in [-0.2, 0) is 0 Å². The van der Waals surface area contributed by atoms with Crippen LogP contribution in [0.4, 0.5) is 10.5 Å². The largest absolute Gasteiger partial charge is 0.497 e. The molecule has 8 nitrogen and oxygen atoms in total. The minimum Gasteiger partial charge on any atom is -0.497 e. The van der Waals surface area contributed by atoms with Crippen LogP contribution < -0.4 is 20.7 Å². The molecule has 1 aliphatic heterocycles. The number of hydrogen-bond acceptors (Lipinski definition) is 4. The maximum absolute atomic E-state index is 12.2. The van der Waals surface area contributed by atoms with Crippen molar-refractivity contribution in [3.05, 3.63) is 23.8 Å². The molecule has 0 atom stereocenters. The third kappa shape index (κ3) is 8.45. The summed E-state index contributed by atoms with van der Waals surface area (Å²) < 4.78 is 5.20. The second-order valence-corrected chi connectivity index (χ2v) is 8.27. The second-order valence-electron chi connectivity index (χ2n) is 7.86. The van der Waals surface area contributed by atoms with Crippen molar-refractivity contribution in [2.45, 2.75) is 46.0 Å². The summed E-state index contributed by atoms with van der Waals surface area (Å²) in [5, 5.41) is 8.89. The van der Waals surface area contributed by atoms with Crippen molar-refractivity contribution in [1.29, 1.82) is 0 Å². The fraction of sp³-hybridized carbons (Fsp3) is 0.565. The number of likely N-dealkylation sites (tertiary alicyclic amines) is 1. The van der Waals surface area contributed by atoms with E-state index in [1.54, 1.807) is 14.2 Å². The Balaban J connectivity index is 1.66. The number of nitrogens with zero attached hydrogens (tertiary/aromatic N) is 3. The Morgan fingerprint density at radius 3 is 2.72 bits per heavy atom. The first kappa shape index (κ1) is 25.6. The van der Waals surface area contributed by atoms with Gasteiger partial charge in [-0.3, -0.25) is 10.3 Å². The number of thiocarbonyl (C=S) groups is 1. The van der Waals surface area contributed by atoms with Gasteiger partial charge in [0.25, 0.3) is 0 Å². The van der Waals surface area contributed by atoms with Crippen LogP contribution in [0, 0.1) is 12.8 Å². The normalized spacial score (nSPS) is 15.0. The number of aliphatic imine (C=N–C) groups is 2. The summed E-state index contributed by atoms with van der Waals surface area (Å²) in [6.45, 7) is 6.60. The minimum absolute atomic E-state index is 0.263. The third-order valence-electron chi connectivity index (χ3n) is 5.47. The molecule has 1 aromatic rings. The molecule has 1 aromatic carbocycles. The molecule has 2 amide bonds. The Bertz CT molecular complexity index is 819. The van der Waals surface area contributed by atoms with Gasteiger partial charge in [0.05, 0.1) is 7.11 Å². The van der Waals surface area contributed by atoms with E-state index in [0.29, 0.717) is 12.5 Å². The van der Waals surface area contributed by atoms with E-state index in [1.165, 1.54) is 0 Å². The van der Waals surface area contributed by atoms with Crippen LogP contribution in [0.15, 0.2) is 28.2 Å². The highest BCUT2D eigenvalue weighted by Crippen LogP contribution is 2.21. The van der Waals surface area contributed by atoms with Gasteiger partial charge in [-0.15, -0.1) is 0 Å². The van der Waals surface area contributed by atoms with E-state index >= 15 is 0 Å². The van der Waals surface area contributed by atoms with Crippen molar-refractivity contribution in [2.75, 3.05) is 39.1 Å². The number of unbranched alkanes of at least 4 members (excludes halogenated alkanes) is 1. The smallest absolute Gasteiger partial charge is 0.321 e. The summed E-state index contributed by atoms with van der Waals surface area (Å²) >= 11 is 5.25. The van der Waals surface area contributed by atoms with Crippen LogP contribution in [-0.4, -0.2) is 62.0 Å². The van der Waals surface area contributed by atoms with Gasteiger partial charge in [-0.2, -0.15) is 0 Å². The van der Waals surface area contributed by atoms with Crippen molar-refractivity contribution in [2.24, 2.45) is 15.9 Å². The number of methoxy groups -OCH3 is 1. The minimum atomic E-state index is -0.295. The highest BCUT2D eigenvalue weighted by atomic mass is 32.1. The summed E-state index contributed by atoms with van der Waals surface area (Å²) in [5.74, 6) is 2.18. The van der Waals surface area contributed by atoms with E-state index in [2.05, 4.69) is 37.8 Å². The molecule has 1 aliphatic rings. The zero-order valence-electron chi connectivity index (χ0n) is 19.6. The molecule has 1 saturated heterocycles. The number of rotatable bonds is 7.